The molecule has 2 atom stereocenters. The maximum absolute atomic E-state index is 11.0. The summed E-state index contributed by atoms with van der Waals surface area (Å²) in [5, 5.41) is 12.5. The average molecular weight is 417 g/mol. The Balaban J connectivity index is 0.00000338. The van der Waals surface area contributed by atoms with Gasteiger partial charge in [0.25, 0.3) is 0 Å². The van der Waals surface area contributed by atoms with E-state index in [9.17, 15) is 5.11 Å². The molecule has 2 aromatic rings. The van der Waals surface area contributed by atoms with E-state index in [0.717, 1.165) is 33.2 Å². The quantitative estimate of drug-likeness (QED) is 0.686. The monoisotopic (exact) mass is 415 g/mol. The summed E-state index contributed by atoms with van der Waals surface area (Å²) in [4.78, 5) is 0. The lowest BCUT2D eigenvalue weighted by atomic mass is 9.84. The number of hydrogen-bond donors (Lipinski definition) is 1. The molecule has 2 nitrogen and oxygen atoms in total. The van der Waals surface area contributed by atoms with Crippen molar-refractivity contribution >= 4 is 23.2 Å². The van der Waals surface area contributed by atoms with Gasteiger partial charge in [0.2, 0.25) is 0 Å². The van der Waals surface area contributed by atoms with E-state index in [1.54, 1.807) is 0 Å². The molecule has 0 aliphatic rings. The number of nitrogens with zero attached hydrogens (tertiary/aromatic N) is 1. The predicted octanol–water partition coefficient (Wildman–Crippen LogP) is 2.20. The molecule has 5 heteroatoms. The Kier molecular flexibility index (Phi) is 8.44. The first-order chi connectivity index (χ1) is 11.6. The highest BCUT2D eigenvalue weighted by molar-refractivity contribution is 6.30. The summed E-state index contributed by atoms with van der Waals surface area (Å²) in [5.41, 5.74) is 1.58. The topological polar surface area (TPSA) is 20.2 Å². The van der Waals surface area contributed by atoms with Crippen LogP contribution < -0.4 is 12.4 Å². The Labute approximate surface area is 173 Å². The Morgan fingerprint density at radius 2 is 1.35 bits per heavy atom. The number of aliphatic hydroxyl groups is 1. The first-order valence-electron chi connectivity index (χ1n) is 8.61. The molecule has 26 heavy (non-hydrogen) atoms. The highest BCUT2D eigenvalue weighted by Gasteiger charge is 2.33. The number of quaternary nitrogens is 1. The molecule has 0 aromatic heterocycles. The van der Waals surface area contributed by atoms with Crippen LogP contribution in [0.3, 0.4) is 0 Å². The summed E-state index contributed by atoms with van der Waals surface area (Å²) in [7, 11) is 4.40. The molecule has 0 amide bonds. The van der Waals surface area contributed by atoms with Crippen molar-refractivity contribution in [3.05, 3.63) is 69.7 Å². The summed E-state index contributed by atoms with van der Waals surface area (Å²) >= 11 is 11.9. The fraction of sp³-hybridized carbons (Fsp3) is 0.429. The second-order valence-corrected chi connectivity index (χ2v) is 8.84. The van der Waals surface area contributed by atoms with Crippen LogP contribution in [0, 0.1) is 5.92 Å². The van der Waals surface area contributed by atoms with Gasteiger partial charge in [-0.15, -0.1) is 0 Å². The summed E-state index contributed by atoms with van der Waals surface area (Å²) in [6.45, 7) is 5.83. The minimum atomic E-state index is -0.774. The van der Waals surface area contributed by atoms with Crippen molar-refractivity contribution in [3.8, 4) is 0 Å². The third-order valence-electron chi connectivity index (χ3n) is 4.83. The Hall–Kier alpha value is -0.770. The number of benzene rings is 2. The van der Waals surface area contributed by atoms with Gasteiger partial charge in [0.05, 0.1) is 26.2 Å². The van der Waals surface area contributed by atoms with Gasteiger partial charge >= 0.3 is 0 Å². The van der Waals surface area contributed by atoms with Crippen LogP contribution in [0.4, 0.5) is 0 Å². The molecule has 2 unspecified atom stereocenters. The fourth-order valence-electron chi connectivity index (χ4n) is 3.28. The molecule has 0 bridgehead atoms. The van der Waals surface area contributed by atoms with E-state index in [2.05, 4.69) is 33.2 Å². The van der Waals surface area contributed by atoms with Crippen molar-refractivity contribution in [1.29, 1.82) is 0 Å². The molecule has 0 radical (unpaired) electrons. The number of hydrogen-bond acceptors (Lipinski definition) is 1. The van der Waals surface area contributed by atoms with Gasteiger partial charge in [-0.3, -0.25) is 0 Å². The smallest absolute Gasteiger partial charge is 0.104 e. The SMILES string of the molecule is CC(C[N+](C)(C)Cc1ccc(Cl)cc1)C(C)(O)Cc1ccc(Cl)cc1.[Cl-]. The standard InChI is InChI=1S/C21H28Cl2NO.ClH/c1-16(21(2,25)13-17-5-9-19(22)10-6-17)14-24(3,4)15-18-7-11-20(23)12-8-18;/h5-12,16,25H,13-15H2,1-4H3;1H/q+1;/p-1. The molecule has 0 saturated carbocycles. The van der Waals surface area contributed by atoms with Crippen LogP contribution in [0.25, 0.3) is 0 Å². The van der Waals surface area contributed by atoms with E-state index in [1.807, 2.05) is 43.3 Å². The van der Waals surface area contributed by atoms with Gasteiger partial charge in [0.15, 0.2) is 0 Å². The Morgan fingerprint density at radius 3 is 1.81 bits per heavy atom. The molecule has 0 saturated heterocycles. The highest BCUT2D eigenvalue weighted by atomic mass is 35.5. The third-order valence-corrected chi connectivity index (χ3v) is 5.33. The van der Waals surface area contributed by atoms with E-state index in [4.69, 9.17) is 23.2 Å². The molecular formula is C21H28Cl3NO. The summed E-state index contributed by atoms with van der Waals surface area (Å²) < 4.78 is 0.805. The maximum atomic E-state index is 11.0. The van der Waals surface area contributed by atoms with Gasteiger partial charge in [-0.2, -0.15) is 0 Å². The highest BCUT2D eigenvalue weighted by Crippen LogP contribution is 2.26. The lowest BCUT2D eigenvalue weighted by Gasteiger charge is -2.38. The fourth-order valence-corrected chi connectivity index (χ4v) is 3.53. The zero-order valence-corrected chi connectivity index (χ0v) is 18.1. The van der Waals surface area contributed by atoms with Crippen molar-refractivity contribution < 1.29 is 22.0 Å². The molecular weight excluding hydrogens is 389 g/mol. The van der Waals surface area contributed by atoms with Crippen molar-refractivity contribution in [2.45, 2.75) is 32.4 Å². The zero-order valence-electron chi connectivity index (χ0n) is 15.8. The van der Waals surface area contributed by atoms with Crippen LogP contribution in [0.15, 0.2) is 48.5 Å². The summed E-state index contributed by atoms with van der Waals surface area (Å²) in [6, 6.07) is 15.7. The largest absolute Gasteiger partial charge is 1.00 e. The van der Waals surface area contributed by atoms with Gasteiger partial charge in [-0.1, -0.05) is 54.4 Å². The normalized spacial score (nSPS) is 15.0. The average Bonchev–Trinajstić information content (AvgIpc) is 2.51. The van der Waals surface area contributed by atoms with Crippen molar-refractivity contribution in [3.63, 3.8) is 0 Å². The lowest BCUT2D eigenvalue weighted by molar-refractivity contribution is -0.907. The van der Waals surface area contributed by atoms with Gasteiger partial charge in [-0.25, -0.2) is 0 Å². The molecule has 0 heterocycles. The first-order valence-corrected chi connectivity index (χ1v) is 9.36. The lowest BCUT2D eigenvalue weighted by Crippen LogP contribution is -3.00. The van der Waals surface area contributed by atoms with Gasteiger partial charge in [-0.05, 0) is 36.8 Å². The molecule has 0 aliphatic carbocycles. The second-order valence-electron chi connectivity index (χ2n) is 7.96. The molecule has 2 rings (SSSR count). The van der Waals surface area contributed by atoms with Crippen LogP contribution in [-0.2, 0) is 13.0 Å². The summed E-state index contributed by atoms with van der Waals surface area (Å²) in [5.74, 6) is 0.144. The number of rotatable bonds is 7. The van der Waals surface area contributed by atoms with Gasteiger partial charge in [0, 0.05) is 27.9 Å². The predicted molar refractivity (Wildman–Crippen MR) is 107 cm³/mol. The van der Waals surface area contributed by atoms with Crippen molar-refractivity contribution in [2.24, 2.45) is 5.92 Å². The van der Waals surface area contributed by atoms with Crippen molar-refractivity contribution in [2.75, 3.05) is 20.6 Å². The summed E-state index contributed by atoms with van der Waals surface area (Å²) in [6.07, 6.45) is 0.617. The first kappa shape index (κ1) is 23.3. The van der Waals surface area contributed by atoms with E-state index >= 15 is 0 Å². The molecule has 0 fully saturated rings. The van der Waals surface area contributed by atoms with Crippen LogP contribution >= 0.6 is 23.2 Å². The minimum Gasteiger partial charge on any atom is -1.00 e. The Morgan fingerprint density at radius 1 is 0.923 bits per heavy atom. The third kappa shape index (κ3) is 7.09. The zero-order chi connectivity index (χ0) is 18.7. The van der Waals surface area contributed by atoms with Crippen LogP contribution in [-0.4, -0.2) is 35.8 Å². The van der Waals surface area contributed by atoms with Gasteiger partial charge < -0.3 is 22.0 Å². The van der Waals surface area contributed by atoms with E-state index in [0.29, 0.717) is 6.42 Å². The molecule has 144 valence electrons. The van der Waals surface area contributed by atoms with Crippen LogP contribution in [0.5, 0.6) is 0 Å². The molecule has 0 aliphatic heterocycles. The van der Waals surface area contributed by atoms with Gasteiger partial charge in [0.1, 0.15) is 6.54 Å². The Bertz CT molecular complexity index is 681. The maximum Gasteiger partial charge on any atom is 0.104 e. The minimum absolute atomic E-state index is 0. The van der Waals surface area contributed by atoms with E-state index < -0.39 is 5.60 Å². The second kappa shape index (κ2) is 9.43. The molecule has 2 aromatic carbocycles. The molecule has 0 spiro atoms. The van der Waals surface area contributed by atoms with Crippen LogP contribution in [0.2, 0.25) is 10.0 Å². The molecule has 1 N–H and O–H groups in total. The number of halogens is 3. The van der Waals surface area contributed by atoms with E-state index in [1.165, 1.54) is 5.56 Å². The van der Waals surface area contributed by atoms with Crippen molar-refractivity contribution in [1.82, 2.24) is 0 Å². The van der Waals surface area contributed by atoms with E-state index in [-0.39, 0.29) is 18.3 Å². The van der Waals surface area contributed by atoms with Crippen LogP contribution in [0.1, 0.15) is 25.0 Å².